The fourth-order valence-corrected chi connectivity index (χ4v) is 4.35. The number of hydrogen-bond acceptors (Lipinski definition) is 4. The molecule has 0 aliphatic heterocycles. The van der Waals surface area contributed by atoms with Crippen LogP contribution in [-0.4, -0.2) is 25.1 Å². The maximum Gasteiger partial charge on any atom is 0.255 e. The summed E-state index contributed by atoms with van der Waals surface area (Å²) < 4.78 is 5.32. The molecule has 0 spiro atoms. The highest BCUT2D eigenvalue weighted by Gasteiger charge is 2.32. The number of carbonyl (C=O) groups is 1. The van der Waals surface area contributed by atoms with E-state index in [4.69, 9.17) is 45.3 Å². The normalized spacial score (nSPS) is 15.9. The maximum absolute atomic E-state index is 13.0. The Morgan fingerprint density at radius 2 is 1.73 bits per heavy atom. The third kappa shape index (κ3) is 5.45. The predicted molar refractivity (Wildman–Crippen MR) is 125 cm³/mol. The number of ether oxygens (including phenoxy) is 1. The molecule has 1 amide bonds. The van der Waals surface area contributed by atoms with Gasteiger partial charge in [0.2, 0.25) is 0 Å². The fourth-order valence-electron chi connectivity index (χ4n) is 3.89. The second kappa shape index (κ2) is 9.99. The Morgan fingerprint density at radius 3 is 2.37 bits per heavy atom. The first-order chi connectivity index (χ1) is 14.3. The summed E-state index contributed by atoms with van der Waals surface area (Å²) in [4.78, 5) is 13.0. The van der Waals surface area contributed by atoms with Gasteiger partial charge in [-0.15, -0.1) is 0 Å². The zero-order chi connectivity index (χ0) is 21.7. The molecule has 2 aromatic carbocycles. The van der Waals surface area contributed by atoms with E-state index >= 15 is 0 Å². The van der Waals surface area contributed by atoms with Crippen molar-refractivity contribution in [1.82, 2.24) is 5.32 Å². The first-order valence-electron chi connectivity index (χ1n) is 9.98. The molecule has 162 valence electrons. The van der Waals surface area contributed by atoms with Gasteiger partial charge in [0.05, 0.1) is 39.0 Å². The van der Waals surface area contributed by atoms with E-state index in [1.807, 2.05) is 12.1 Å². The van der Waals surface area contributed by atoms with Crippen LogP contribution in [-0.2, 0) is 0 Å². The summed E-state index contributed by atoms with van der Waals surface area (Å²) in [5.41, 5.74) is 7.15. The molecule has 4 N–H and O–H groups in total. The molecular formula is C22H26Cl3N3O2. The van der Waals surface area contributed by atoms with Crippen molar-refractivity contribution in [3.05, 3.63) is 51.0 Å². The average molecular weight is 471 g/mol. The van der Waals surface area contributed by atoms with E-state index in [1.165, 1.54) is 26.0 Å². The highest BCUT2D eigenvalue weighted by Crippen LogP contribution is 2.33. The third-order valence-electron chi connectivity index (χ3n) is 5.54. The molecular weight excluding hydrogens is 445 g/mol. The molecule has 3 rings (SSSR count). The molecule has 1 aliphatic carbocycles. The van der Waals surface area contributed by atoms with Gasteiger partial charge in [-0.1, -0.05) is 60.5 Å². The van der Waals surface area contributed by atoms with Gasteiger partial charge in [-0.05, 0) is 37.1 Å². The Balaban J connectivity index is 1.81. The molecule has 1 saturated carbocycles. The molecule has 0 atom stereocenters. The monoisotopic (exact) mass is 469 g/mol. The van der Waals surface area contributed by atoms with E-state index in [-0.39, 0.29) is 11.4 Å². The van der Waals surface area contributed by atoms with Crippen molar-refractivity contribution < 1.29 is 9.53 Å². The van der Waals surface area contributed by atoms with Gasteiger partial charge in [0.1, 0.15) is 5.75 Å². The first kappa shape index (κ1) is 22.9. The number of amides is 1. The van der Waals surface area contributed by atoms with Gasteiger partial charge >= 0.3 is 0 Å². The van der Waals surface area contributed by atoms with Gasteiger partial charge in [0, 0.05) is 18.3 Å². The van der Waals surface area contributed by atoms with Crippen LogP contribution in [0.1, 0.15) is 48.9 Å². The van der Waals surface area contributed by atoms with Crippen molar-refractivity contribution in [2.75, 3.05) is 24.7 Å². The summed E-state index contributed by atoms with van der Waals surface area (Å²) in [5.74, 6) is 0.134. The lowest BCUT2D eigenvalue weighted by molar-refractivity contribution is 0.0940. The number of rotatable bonds is 6. The molecule has 0 bridgehead atoms. The molecule has 0 heterocycles. The van der Waals surface area contributed by atoms with E-state index in [1.54, 1.807) is 12.1 Å². The fraction of sp³-hybridized carbons (Fsp3) is 0.409. The van der Waals surface area contributed by atoms with Crippen molar-refractivity contribution >= 4 is 52.1 Å². The van der Waals surface area contributed by atoms with Crippen LogP contribution in [0.3, 0.4) is 0 Å². The molecule has 2 aromatic rings. The molecule has 30 heavy (non-hydrogen) atoms. The van der Waals surface area contributed by atoms with Crippen molar-refractivity contribution in [3.8, 4) is 5.75 Å². The summed E-state index contributed by atoms with van der Waals surface area (Å²) in [7, 11) is 1.50. The molecule has 0 saturated heterocycles. The molecule has 1 aliphatic rings. The maximum atomic E-state index is 13.0. The predicted octanol–water partition coefficient (Wildman–Crippen LogP) is 6.17. The zero-order valence-electron chi connectivity index (χ0n) is 16.9. The number of carbonyl (C=O) groups excluding carboxylic acids is 1. The SMILES string of the molecule is COc1cc(N)c(Cl)cc1C(=O)NCC1(Nc2ccc(Cl)c(Cl)c2)CCCCCC1. The third-order valence-corrected chi connectivity index (χ3v) is 6.61. The van der Waals surface area contributed by atoms with Crippen LogP contribution in [0.15, 0.2) is 30.3 Å². The van der Waals surface area contributed by atoms with Gasteiger partial charge < -0.3 is 21.1 Å². The number of nitrogens with two attached hydrogens (primary N) is 1. The Morgan fingerprint density at radius 1 is 1.03 bits per heavy atom. The average Bonchev–Trinajstić information content (AvgIpc) is 2.96. The van der Waals surface area contributed by atoms with Gasteiger partial charge in [0.15, 0.2) is 0 Å². The molecule has 1 fully saturated rings. The van der Waals surface area contributed by atoms with Crippen LogP contribution in [0.4, 0.5) is 11.4 Å². The summed E-state index contributed by atoms with van der Waals surface area (Å²) in [6, 6.07) is 8.60. The topological polar surface area (TPSA) is 76.4 Å². The minimum atomic E-state index is -0.284. The van der Waals surface area contributed by atoms with Gasteiger partial charge in [-0.25, -0.2) is 0 Å². The number of benzene rings is 2. The molecule has 8 heteroatoms. The molecule has 0 aromatic heterocycles. The van der Waals surface area contributed by atoms with Crippen molar-refractivity contribution in [1.29, 1.82) is 0 Å². The van der Waals surface area contributed by atoms with E-state index in [0.29, 0.717) is 38.6 Å². The Labute approximate surface area is 192 Å². The van der Waals surface area contributed by atoms with E-state index in [2.05, 4.69) is 10.6 Å². The number of halogens is 3. The summed E-state index contributed by atoms with van der Waals surface area (Å²) in [6.45, 7) is 0.456. The Kier molecular flexibility index (Phi) is 7.61. The van der Waals surface area contributed by atoms with Crippen LogP contribution < -0.4 is 21.1 Å². The number of hydrogen-bond donors (Lipinski definition) is 3. The zero-order valence-corrected chi connectivity index (χ0v) is 19.1. The minimum absolute atomic E-state index is 0.256. The smallest absolute Gasteiger partial charge is 0.255 e. The van der Waals surface area contributed by atoms with E-state index in [0.717, 1.165) is 31.4 Å². The van der Waals surface area contributed by atoms with Crippen molar-refractivity contribution in [2.24, 2.45) is 0 Å². The van der Waals surface area contributed by atoms with Crippen molar-refractivity contribution in [2.45, 2.75) is 44.1 Å². The molecule has 0 unspecified atom stereocenters. The van der Waals surface area contributed by atoms with Crippen LogP contribution in [0.5, 0.6) is 5.75 Å². The second-order valence-corrected chi connectivity index (χ2v) is 8.93. The second-order valence-electron chi connectivity index (χ2n) is 7.71. The van der Waals surface area contributed by atoms with Crippen LogP contribution in [0.25, 0.3) is 0 Å². The van der Waals surface area contributed by atoms with Gasteiger partial charge in [0.25, 0.3) is 5.91 Å². The lowest BCUT2D eigenvalue weighted by Gasteiger charge is -2.35. The number of nitrogens with one attached hydrogen (secondary N) is 2. The molecule has 5 nitrogen and oxygen atoms in total. The minimum Gasteiger partial charge on any atom is -0.496 e. The van der Waals surface area contributed by atoms with E-state index in [9.17, 15) is 4.79 Å². The first-order valence-corrected chi connectivity index (χ1v) is 11.1. The number of methoxy groups -OCH3 is 1. The van der Waals surface area contributed by atoms with Gasteiger partial charge in [-0.2, -0.15) is 0 Å². The largest absolute Gasteiger partial charge is 0.496 e. The molecule has 0 radical (unpaired) electrons. The summed E-state index contributed by atoms with van der Waals surface area (Å²) >= 11 is 18.4. The Bertz CT molecular complexity index is 913. The van der Waals surface area contributed by atoms with E-state index < -0.39 is 0 Å². The van der Waals surface area contributed by atoms with Crippen LogP contribution in [0.2, 0.25) is 15.1 Å². The van der Waals surface area contributed by atoms with Crippen LogP contribution >= 0.6 is 34.8 Å². The highest BCUT2D eigenvalue weighted by molar-refractivity contribution is 6.42. The van der Waals surface area contributed by atoms with Gasteiger partial charge in [-0.3, -0.25) is 4.79 Å². The number of nitrogen functional groups attached to an aromatic ring is 1. The van der Waals surface area contributed by atoms with Crippen molar-refractivity contribution in [3.63, 3.8) is 0 Å². The number of anilines is 2. The lowest BCUT2D eigenvalue weighted by atomic mass is 9.89. The summed E-state index contributed by atoms with van der Waals surface area (Å²) in [5, 5.41) is 8.01. The summed E-state index contributed by atoms with van der Waals surface area (Å²) in [6.07, 6.45) is 6.41. The van der Waals surface area contributed by atoms with Crippen LogP contribution in [0, 0.1) is 0 Å². The highest BCUT2D eigenvalue weighted by atomic mass is 35.5. The quantitative estimate of drug-likeness (QED) is 0.348. The Hall–Kier alpha value is -1.82. The lowest BCUT2D eigenvalue weighted by Crippen LogP contribution is -2.48. The standard InChI is InChI=1S/C22H26Cl3N3O2/c1-30-20-12-19(26)18(25)11-15(20)21(29)27-13-22(8-4-2-3-5-9-22)28-14-6-7-16(23)17(24)10-14/h6-7,10-12,28H,2-5,8-9,13,26H2,1H3,(H,27,29).